The number of nitrogens with one attached hydrogen (secondary N) is 1. The van der Waals surface area contributed by atoms with Gasteiger partial charge in [-0.15, -0.1) is 0 Å². The molecule has 2 aromatic rings. The number of carbonyl (C=O) groups is 2. The molecule has 2 aliphatic rings. The quantitative estimate of drug-likeness (QED) is 0.482. The van der Waals surface area contributed by atoms with E-state index in [1.807, 2.05) is 32.2 Å². The predicted octanol–water partition coefficient (Wildman–Crippen LogP) is 5.19. The third-order valence-electron chi connectivity index (χ3n) is 7.79. The minimum atomic E-state index is -2.84. The van der Waals surface area contributed by atoms with Crippen LogP contribution in [0.2, 0.25) is 0 Å². The Balaban J connectivity index is 1.44. The first-order valence-corrected chi connectivity index (χ1v) is 13.5. The molecule has 0 aliphatic carbocycles. The van der Waals surface area contributed by atoms with Crippen LogP contribution >= 0.6 is 0 Å². The highest BCUT2D eigenvalue weighted by atomic mass is 19.3. The fourth-order valence-electron chi connectivity index (χ4n) is 5.64. The van der Waals surface area contributed by atoms with Gasteiger partial charge in [-0.2, -0.15) is 5.10 Å². The molecule has 0 radical (unpaired) electrons. The van der Waals surface area contributed by atoms with Gasteiger partial charge in [0.1, 0.15) is 0 Å². The van der Waals surface area contributed by atoms with E-state index in [4.69, 9.17) is 4.74 Å². The molecule has 208 valence electrons. The van der Waals surface area contributed by atoms with Gasteiger partial charge in [0.2, 0.25) is 5.91 Å². The number of methoxy groups -OCH3 is 1. The van der Waals surface area contributed by atoms with Crippen LogP contribution in [0.3, 0.4) is 0 Å². The Hall–Kier alpha value is -3.17. The van der Waals surface area contributed by atoms with Gasteiger partial charge in [-0.1, -0.05) is 13.5 Å². The largest absolute Gasteiger partial charge is 0.453 e. The number of piperidine rings is 2. The van der Waals surface area contributed by atoms with Crippen molar-refractivity contribution in [3.8, 4) is 0 Å². The van der Waals surface area contributed by atoms with Crippen molar-refractivity contribution >= 4 is 28.6 Å². The minimum Gasteiger partial charge on any atom is -0.453 e. The number of aryl methyl sites for hydroxylation is 1. The van der Waals surface area contributed by atoms with Crippen molar-refractivity contribution < 1.29 is 23.1 Å². The molecular formula is C28H39F2N5O3. The molecule has 10 heteroatoms. The number of halogens is 2. The SMILES string of the molecule is C=C1CCC(c2nn(C)c3cc(N(CCC)CC(F)(F)CCC4CCN(C(=O)OC)CC4)ccc23)C(=O)N1. The van der Waals surface area contributed by atoms with Crippen molar-refractivity contribution in [2.24, 2.45) is 13.0 Å². The number of likely N-dealkylation sites (tertiary alicyclic amines) is 1. The molecule has 1 aromatic carbocycles. The lowest BCUT2D eigenvalue weighted by Crippen LogP contribution is -2.40. The van der Waals surface area contributed by atoms with E-state index in [0.29, 0.717) is 44.6 Å². The number of anilines is 1. The Morgan fingerprint density at radius 1 is 1.29 bits per heavy atom. The van der Waals surface area contributed by atoms with Crippen LogP contribution in [-0.4, -0.2) is 65.9 Å². The van der Waals surface area contributed by atoms with Crippen molar-refractivity contribution in [1.82, 2.24) is 20.0 Å². The summed E-state index contributed by atoms with van der Waals surface area (Å²) in [6, 6.07) is 5.67. The maximum atomic E-state index is 15.2. The number of nitrogens with zero attached hydrogens (tertiary/aromatic N) is 4. The lowest BCUT2D eigenvalue weighted by Gasteiger charge is -2.33. The molecule has 2 amide bonds. The normalized spacial score (nSPS) is 19.1. The number of amides is 2. The van der Waals surface area contributed by atoms with E-state index in [2.05, 4.69) is 17.0 Å². The Labute approximate surface area is 223 Å². The number of hydrogen-bond acceptors (Lipinski definition) is 5. The van der Waals surface area contributed by atoms with E-state index in [1.165, 1.54) is 7.11 Å². The number of hydrogen-bond donors (Lipinski definition) is 1. The van der Waals surface area contributed by atoms with Crippen molar-refractivity contribution in [1.29, 1.82) is 0 Å². The van der Waals surface area contributed by atoms with Crippen LogP contribution in [0, 0.1) is 5.92 Å². The number of alkyl halides is 2. The molecule has 0 saturated carbocycles. The number of rotatable bonds is 9. The lowest BCUT2D eigenvalue weighted by molar-refractivity contribution is -0.122. The van der Waals surface area contributed by atoms with Gasteiger partial charge in [-0.3, -0.25) is 9.48 Å². The highest BCUT2D eigenvalue weighted by molar-refractivity contribution is 5.93. The number of carbonyl (C=O) groups excluding carboxylic acids is 2. The summed E-state index contributed by atoms with van der Waals surface area (Å²) in [4.78, 5) is 27.6. The Morgan fingerprint density at radius 2 is 2.03 bits per heavy atom. The Kier molecular flexibility index (Phi) is 8.57. The summed E-state index contributed by atoms with van der Waals surface area (Å²) in [5.74, 6) is -3.12. The number of fused-ring (bicyclic) bond motifs is 1. The molecule has 1 aromatic heterocycles. The van der Waals surface area contributed by atoms with Crippen LogP contribution in [-0.2, 0) is 16.6 Å². The highest BCUT2D eigenvalue weighted by Gasteiger charge is 2.34. The number of aromatic nitrogens is 2. The average Bonchev–Trinajstić information content (AvgIpc) is 3.22. The zero-order valence-electron chi connectivity index (χ0n) is 22.6. The van der Waals surface area contributed by atoms with Crippen molar-refractivity contribution in [3.63, 3.8) is 0 Å². The summed E-state index contributed by atoms with van der Waals surface area (Å²) in [5.41, 5.74) is 2.97. The maximum absolute atomic E-state index is 15.2. The molecule has 1 unspecified atom stereocenters. The van der Waals surface area contributed by atoms with Crippen LogP contribution in [0.5, 0.6) is 0 Å². The summed E-state index contributed by atoms with van der Waals surface area (Å²) in [6.45, 7) is 7.08. The first-order chi connectivity index (χ1) is 18.1. The monoisotopic (exact) mass is 531 g/mol. The standard InChI is InChI=1S/C28H39F2N5O3/c1-5-14-35(18-28(29,30)13-10-20-11-15-34(16-12-20)27(37)38-4)21-7-9-22-24(17-21)33(3)32-25(22)23-8-6-19(2)31-26(23)36/h7,9,17,20,23H,2,5-6,8,10-16,18H2,1,3-4H3,(H,31,36). The van der Waals surface area contributed by atoms with Crippen molar-refractivity contribution in [2.75, 3.05) is 38.2 Å². The number of ether oxygens (including phenoxy) is 1. The van der Waals surface area contributed by atoms with Gasteiger partial charge < -0.3 is 19.9 Å². The molecule has 2 fully saturated rings. The molecule has 0 spiro atoms. The Morgan fingerprint density at radius 3 is 2.68 bits per heavy atom. The third kappa shape index (κ3) is 6.27. The van der Waals surface area contributed by atoms with Gasteiger partial charge in [0, 0.05) is 49.9 Å². The number of allylic oxidation sites excluding steroid dienone is 1. The van der Waals surface area contributed by atoms with Gasteiger partial charge in [-0.05, 0) is 62.6 Å². The fraction of sp³-hybridized carbons (Fsp3) is 0.607. The smallest absolute Gasteiger partial charge is 0.409 e. The summed E-state index contributed by atoms with van der Waals surface area (Å²) in [6.07, 6.45) is 3.42. The second-order valence-corrected chi connectivity index (χ2v) is 10.6. The van der Waals surface area contributed by atoms with Crippen LogP contribution < -0.4 is 10.2 Å². The molecule has 8 nitrogen and oxygen atoms in total. The van der Waals surface area contributed by atoms with Crippen molar-refractivity contribution in [3.05, 3.63) is 36.2 Å². The van der Waals surface area contributed by atoms with Gasteiger partial charge in [0.25, 0.3) is 5.92 Å². The predicted molar refractivity (Wildman–Crippen MR) is 143 cm³/mol. The molecule has 2 saturated heterocycles. The minimum absolute atomic E-state index is 0.103. The van der Waals surface area contributed by atoms with Crippen molar-refractivity contribution in [2.45, 2.75) is 63.7 Å². The molecule has 3 heterocycles. The Bertz CT molecular complexity index is 1170. The van der Waals surface area contributed by atoms with E-state index >= 15 is 8.78 Å². The lowest BCUT2D eigenvalue weighted by atomic mass is 9.91. The molecule has 1 N–H and O–H groups in total. The van der Waals surface area contributed by atoms with Crippen LogP contribution in [0.1, 0.15) is 63.5 Å². The third-order valence-corrected chi connectivity index (χ3v) is 7.79. The first kappa shape index (κ1) is 27.9. The summed E-state index contributed by atoms with van der Waals surface area (Å²) in [7, 11) is 3.17. The fourth-order valence-corrected chi connectivity index (χ4v) is 5.64. The average molecular weight is 532 g/mol. The summed E-state index contributed by atoms with van der Waals surface area (Å²) < 4.78 is 36.9. The van der Waals surface area contributed by atoms with E-state index in [0.717, 1.165) is 41.5 Å². The number of benzene rings is 1. The van der Waals surface area contributed by atoms with E-state index in [9.17, 15) is 9.59 Å². The molecule has 38 heavy (non-hydrogen) atoms. The second kappa shape index (κ2) is 11.7. The second-order valence-electron chi connectivity index (χ2n) is 10.6. The van der Waals surface area contributed by atoms with E-state index in [-0.39, 0.29) is 36.8 Å². The van der Waals surface area contributed by atoms with E-state index < -0.39 is 5.92 Å². The summed E-state index contributed by atoms with van der Waals surface area (Å²) >= 11 is 0. The zero-order valence-corrected chi connectivity index (χ0v) is 22.6. The maximum Gasteiger partial charge on any atom is 0.409 e. The van der Waals surface area contributed by atoms with Crippen LogP contribution in [0.15, 0.2) is 30.5 Å². The zero-order chi connectivity index (χ0) is 27.4. The van der Waals surface area contributed by atoms with Gasteiger partial charge in [-0.25, -0.2) is 13.6 Å². The topological polar surface area (TPSA) is 79.7 Å². The highest BCUT2D eigenvalue weighted by Crippen LogP contribution is 2.35. The van der Waals surface area contributed by atoms with Crippen LogP contribution in [0.4, 0.5) is 19.3 Å². The molecule has 1 atom stereocenters. The van der Waals surface area contributed by atoms with Gasteiger partial charge >= 0.3 is 6.09 Å². The molecule has 4 rings (SSSR count). The van der Waals surface area contributed by atoms with Crippen LogP contribution in [0.25, 0.3) is 10.9 Å². The van der Waals surface area contributed by atoms with E-state index in [1.54, 1.807) is 14.5 Å². The van der Waals surface area contributed by atoms with Gasteiger partial charge in [0.05, 0.1) is 30.8 Å². The molecule has 0 bridgehead atoms. The molecule has 2 aliphatic heterocycles. The van der Waals surface area contributed by atoms with Gasteiger partial charge in [0.15, 0.2) is 0 Å². The molecular weight excluding hydrogens is 492 g/mol. The first-order valence-electron chi connectivity index (χ1n) is 13.5. The summed E-state index contributed by atoms with van der Waals surface area (Å²) in [5, 5.41) is 8.33.